The number of rotatable bonds is 5. The molecule has 1 heterocycles. The van der Waals surface area contributed by atoms with Gasteiger partial charge >= 0.3 is 0 Å². The van der Waals surface area contributed by atoms with Gasteiger partial charge < -0.3 is 10.5 Å². The molecule has 2 rings (SSSR count). The molecule has 1 saturated carbocycles. The average Bonchev–Trinajstić information content (AvgIpc) is 2.83. The molecule has 94 valence electrons. The largest absolute Gasteiger partial charge is 0.370 e. The van der Waals surface area contributed by atoms with Gasteiger partial charge in [0.15, 0.2) is 0 Å². The molecule has 2 atom stereocenters. The number of pyridine rings is 1. The quantitative estimate of drug-likeness (QED) is 0.852. The van der Waals surface area contributed by atoms with Crippen molar-refractivity contribution in [2.45, 2.75) is 44.8 Å². The second-order valence-corrected chi connectivity index (χ2v) is 5.02. The molecule has 0 saturated heterocycles. The van der Waals surface area contributed by atoms with E-state index in [-0.39, 0.29) is 12.1 Å². The highest BCUT2D eigenvalue weighted by Crippen LogP contribution is 2.27. The Morgan fingerprint density at radius 1 is 1.41 bits per heavy atom. The maximum Gasteiger partial charge on any atom is 0.114 e. The SMILES string of the molecule is CC(N)C(OCC1CCCC1)c1ccccn1. The second-order valence-electron chi connectivity index (χ2n) is 5.02. The van der Waals surface area contributed by atoms with Crippen LogP contribution in [0.5, 0.6) is 0 Å². The lowest BCUT2D eigenvalue weighted by Gasteiger charge is -2.22. The fourth-order valence-electron chi connectivity index (χ4n) is 2.47. The summed E-state index contributed by atoms with van der Waals surface area (Å²) in [4.78, 5) is 4.34. The summed E-state index contributed by atoms with van der Waals surface area (Å²) in [5.41, 5.74) is 6.93. The van der Waals surface area contributed by atoms with E-state index < -0.39 is 0 Å². The number of nitrogens with zero attached hydrogens (tertiary/aromatic N) is 1. The molecule has 0 spiro atoms. The van der Waals surface area contributed by atoms with Crippen LogP contribution < -0.4 is 5.73 Å². The molecule has 0 radical (unpaired) electrons. The molecular weight excluding hydrogens is 212 g/mol. The van der Waals surface area contributed by atoms with Gasteiger partial charge in [0.2, 0.25) is 0 Å². The van der Waals surface area contributed by atoms with Gasteiger partial charge in [0.1, 0.15) is 6.10 Å². The fourth-order valence-corrected chi connectivity index (χ4v) is 2.47. The number of hydrogen-bond acceptors (Lipinski definition) is 3. The van der Waals surface area contributed by atoms with Gasteiger partial charge in [-0.3, -0.25) is 4.98 Å². The van der Waals surface area contributed by atoms with Crippen molar-refractivity contribution in [1.29, 1.82) is 0 Å². The molecule has 0 bridgehead atoms. The van der Waals surface area contributed by atoms with Crippen LogP contribution in [0.4, 0.5) is 0 Å². The number of ether oxygens (including phenoxy) is 1. The van der Waals surface area contributed by atoms with E-state index in [9.17, 15) is 0 Å². The van der Waals surface area contributed by atoms with Crippen molar-refractivity contribution >= 4 is 0 Å². The minimum absolute atomic E-state index is 0.0219. The normalized spacial score (nSPS) is 20.4. The summed E-state index contributed by atoms with van der Waals surface area (Å²) in [6.07, 6.45) is 7.02. The Hall–Kier alpha value is -0.930. The molecular formula is C14H22N2O. The van der Waals surface area contributed by atoms with Gasteiger partial charge in [-0.25, -0.2) is 0 Å². The molecule has 2 unspecified atom stereocenters. The van der Waals surface area contributed by atoms with E-state index in [1.165, 1.54) is 25.7 Å². The van der Waals surface area contributed by atoms with Gasteiger partial charge in [-0.05, 0) is 37.8 Å². The van der Waals surface area contributed by atoms with Crippen molar-refractivity contribution in [3.05, 3.63) is 30.1 Å². The highest BCUT2D eigenvalue weighted by atomic mass is 16.5. The predicted molar refractivity (Wildman–Crippen MR) is 68.5 cm³/mol. The summed E-state index contributed by atoms with van der Waals surface area (Å²) >= 11 is 0. The Labute approximate surface area is 103 Å². The lowest BCUT2D eigenvalue weighted by atomic mass is 10.1. The molecule has 1 aliphatic rings. The Morgan fingerprint density at radius 2 is 2.18 bits per heavy atom. The number of hydrogen-bond donors (Lipinski definition) is 1. The summed E-state index contributed by atoms with van der Waals surface area (Å²) in [5, 5.41) is 0. The van der Waals surface area contributed by atoms with Crippen LogP contribution in [0.15, 0.2) is 24.4 Å². The highest BCUT2D eigenvalue weighted by molar-refractivity contribution is 5.08. The van der Waals surface area contributed by atoms with E-state index in [1.807, 2.05) is 25.1 Å². The van der Waals surface area contributed by atoms with E-state index in [0.29, 0.717) is 0 Å². The van der Waals surface area contributed by atoms with Crippen LogP contribution in [0.25, 0.3) is 0 Å². The first-order valence-electron chi connectivity index (χ1n) is 6.55. The summed E-state index contributed by atoms with van der Waals surface area (Å²) in [6, 6.07) is 5.86. The number of nitrogens with two attached hydrogens (primary N) is 1. The molecule has 1 aromatic rings. The molecule has 0 aromatic carbocycles. The van der Waals surface area contributed by atoms with Crippen molar-refractivity contribution in [1.82, 2.24) is 4.98 Å². The summed E-state index contributed by atoms with van der Waals surface area (Å²) in [6.45, 7) is 2.80. The average molecular weight is 234 g/mol. The zero-order valence-electron chi connectivity index (χ0n) is 10.5. The monoisotopic (exact) mass is 234 g/mol. The Morgan fingerprint density at radius 3 is 2.76 bits per heavy atom. The first kappa shape index (κ1) is 12.5. The molecule has 1 aliphatic carbocycles. The molecule has 0 amide bonds. The molecule has 1 fully saturated rings. The van der Waals surface area contributed by atoms with Crippen molar-refractivity contribution < 1.29 is 4.74 Å². The van der Waals surface area contributed by atoms with Crippen LogP contribution in [-0.4, -0.2) is 17.6 Å². The van der Waals surface area contributed by atoms with Crippen LogP contribution in [0.1, 0.15) is 44.4 Å². The summed E-state index contributed by atoms with van der Waals surface area (Å²) < 4.78 is 5.99. The van der Waals surface area contributed by atoms with Crippen LogP contribution >= 0.6 is 0 Å². The van der Waals surface area contributed by atoms with Crippen molar-refractivity contribution in [3.63, 3.8) is 0 Å². The Bertz CT molecular complexity index is 320. The third-order valence-corrected chi connectivity index (χ3v) is 3.44. The standard InChI is InChI=1S/C14H22N2O/c1-11(15)14(13-8-4-5-9-16-13)17-10-12-6-2-3-7-12/h4-5,8-9,11-12,14H,2-3,6-7,10,15H2,1H3. The minimum Gasteiger partial charge on any atom is -0.370 e. The molecule has 1 aromatic heterocycles. The van der Waals surface area contributed by atoms with Gasteiger partial charge in [0, 0.05) is 12.2 Å². The predicted octanol–water partition coefficient (Wildman–Crippen LogP) is 2.68. The van der Waals surface area contributed by atoms with Crippen molar-refractivity contribution in [2.24, 2.45) is 11.7 Å². The van der Waals surface area contributed by atoms with E-state index in [0.717, 1.165) is 18.2 Å². The molecule has 0 aliphatic heterocycles. The van der Waals surface area contributed by atoms with E-state index in [2.05, 4.69) is 4.98 Å². The molecule has 2 N–H and O–H groups in total. The van der Waals surface area contributed by atoms with E-state index in [1.54, 1.807) is 6.20 Å². The molecule has 17 heavy (non-hydrogen) atoms. The smallest absolute Gasteiger partial charge is 0.114 e. The summed E-state index contributed by atoms with van der Waals surface area (Å²) in [7, 11) is 0. The van der Waals surface area contributed by atoms with Gasteiger partial charge in [-0.15, -0.1) is 0 Å². The van der Waals surface area contributed by atoms with Gasteiger partial charge in [0.05, 0.1) is 12.3 Å². The first-order valence-corrected chi connectivity index (χ1v) is 6.55. The number of aromatic nitrogens is 1. The van der Waals surface area contributed by atoms with Crippen LogP contribution in [-0.2, 0) is 4.74 Å². The summed E-state index contributed by atoms with van der Waals surface area (Å²) in [5.74, 6) is 0.722. The second kappa shape index (κ2) is 6.12. The van der Waals surface area contributed by atoms with Crippen LogP contribution in [0, 0.1) is 5.92 Å². The third kappa shape index (κ3) is 3.51. The van der Waals surface area contributed by atoms with Gasteiger partial charge in [0.25, 0.3) is 0 Å². The lowest BCUT2D eigenvalue weighted by molar-refractivity contribution is 0.0143. The third-order valence-electron chi connectivity index (χ3n) is 3.44. The topological polar surface area (TPSA) is 48.1 Å². The Kier molecular flexibility index (Phi) is 4.51. The first-order chi connectivity index (χ1) is 8.27. The van der Waals surface area contributed by atoms with Gasteiger partial charge in [-0.2, -0.15) is 0 Å². The van der Waals surface area contributed by atoms with Crippen LogP contribution in [0.2, 0.25) is 0 Å². The van der Waals surface area contributed by atoms with E-state index >= 15 is 0 Å². The zero-order valence-corrected chi connectivity index (χ0v) is 10.5. The minimum atomic E-state index is -0.0724. The molecule has 3 heteroatoms. The van der Waals surface area contributed by atoms with Crippen molar-refractivity contribution in [2.75, 3.05) is 6.61 Å². The van der Waals surface area contributed by atoms with Crippen LogP contribution in [0.3, 0.4) is 0 Å². The lowest BCUT2D eigenvalue weighted by Crippen LogP contribution is -2.29. The zero-order chi connectivity index (χ0) is 12.1. The fraction of sp³-hybridized carbons (Fsp3) is 0.643. The van der Waals surface area contributed by atoms with Gasteiger partial charge in [-0.1, -0.05) is 18.9 Å². The molecule has 3 nitrogen and oxygen atoms in total. The highest BCUT2D eigenvalue weighted by Gasteiger charge is 2.21. The van der Waals surface area contributed by atoms with Crippen molar-refractivity contribution in [3.8, 4) is 0 Å². The maximum absolute atomic E-state index is 5.99. The van der Waals surface area contributed by atoms with E-state index in [4.69, 9.17) is 10.5 Å². The Balaban J connectivity index is 1.93. The maximum atomic E-state index is 5.99.